The first-order valence-corrected chi connectivity index (χ1v) is 7.70. The van der Waals surface area contributed by atoms with Crippen molar-refractivity contribution in [1.29, 1.82) is 0 Å². The number of aliphatic carboxylic acids is 1. The number of benzene rings is 1. The van der Waals surface area contributed by atoms with Crippen LogP contribution in [-0.4, -0.2) is 40.7 Å². The van der Waals surface area contributed by atoms with E-state index in [9.17, 15) is 9.59 Å². The van der Waals surface area contributed by atoms with Crippen molar-refractivity contribution in [3.05, 3.63) is 29.8 Å². The second kappa shape index (κ2) is 6.31. The van der Waals surface area contributed by atoms with Crippen LogP contribution in [0.5, 0.6) is 0 Å². The monoisotopic (exact) mass is 293 g/mol. The molecule has 1 atom stereocenters. The Bertz CT molecular complexity index is 516. The molecule has 1 aliphatic rings. The minimum Gasteiger partial charge on any atom is -0.480 e. The van der Waals surface area contributed by atoms with Gasteiger partial charge in [-0.25, -0.2) is 0 Å². The van der Waals surface area contributed by atoms with Gasteiger partial charge >= 0.3 is 5.97 Å². The van der Waals surface area contributed by atoms with Gasteiger partial charge in [-0.3, -0.25) is 9.59 Å². The van der Waals surface area contributed by atoms with Gasteiger partial charge in [-0.2, -0.15) is 0 Å². The molecule has 0 spiro atoms. The molecule has 0 saturated heterocycles. The average Bonchev–Trinajstić information content (AvgIpc) is 2.79. The largest absolute Gasteiger partial charge is 0.480 e. The summed E-state index contributed by atoms with van der Waals surface area (Å²) in [6.07, 6.45) is 0. The first kappa shape index (κ1) is 14.9. The summed E-state index contributed by atoms with van der Waals surface area (Å²) in [7, 11) is 0. The van der Waals surface area contributed by atoms with E-state index in [-0.39, 0.29) is 24.3 Å². The minimum absolute atomic E-state index is 0.0708. The quantitative estimate of drug-likeness (QED) is 0.906. The molecule has 4 nitrogen and oxygen atoms in total. The highest BCUT2D eigenvalue weighted by Crippen LogP contribution is 2.40. The fraction of sp³-hybridized carbons (Fsp3) is 0.467. The Morgan fingerprint density at radius 1 is 1.40 bits per heavy atom. The number of rotatable bonds is 5. The molecule has 0 aliphatic carbocycles. The van der Waals surface area contributed by atoms with Crippen molar-refractivity contribution >= 4 is 23.6 Å². The summed E-state index contributed by atoms with van der Waals surface area (Å²) in [6, 6.07) is 7.86. The molecule has 0 radical (unpaired) electrons. The average molecular weight is 293 g/mol. The second-order valence-electron chi connectivity index (χ2n) is 5.41. The summed E-state index contributed by atoms with van der Waals surface area (Å²) in [6.45, 7) is 4.23. The highest BCUT2D eigenvalue weighted by molar-refractivity contribution is 7.99. The van der Waals surface area contributed by atoms with E-state index in [0.717, 1.165) is 10.5 Å². The summed E-state index contributed by atoms with van der Waals surface area (Å²) in [5.41, 5.74) is 1.03. The highest BCUT2D eigenvalue weighted by atomic mass is 32.2. The third kappa shape index (κ3) is 3.33. The molecule has 1 unspecified atom stereocenters. The molecule has 5 heteroatoms. The van der Waals surface area contributed by atoms with Crippen molar-refractivity contribution in [2.24, 2.45) is 5.92 Å². The molecule has 1 aromatic carbocycles. The first-order valence-electron chi connectivity index (χ1n) is 6.71. The Morgan fingerprint density at radius 3 is 2.75 bits per heavy atom. The van der Waals surface area contributed by atoms with E-state index in [1.807, 2.05) is 38.1 Å². The summed E-state index contributed by atoms with van der Waals surface area (Å²) >= 11 is 1.66. The summed E-state index contributed by atoms with van der Waals surface area (Å²) in [5.74, 6) is -0.291. The molecule has 1 heterocycles. The minimum atomic E-state index is -0.960. The molecule has 1 N–H and O–H groups in total. The molecular formula is C15H19NO3S. The maximum absolute atomic E-state index is 12.6. The normalized spacial score (nSPS) is 17.1. The van der Waals surface area contributed by atoms with E-state index in [1.54, 1.807) is 11.8 Å². The van der Waals surface area contributed by atoms with E-state index in [1.165, 1.54) is 4.90 Å². The van der Waals surface area contributed by atoms with Crippen molar-refractivity contribution in [3.8, 4) is 0 Å². The van der Waals surface area contributed by atoms with Crippen LogP contribution in [0, 0.1) is 5.92 Å². The zero-order valence-corrected chi connectivity index (χ0v) is 12.5. The molecule has 0 saturated carbocycles. The Hall–Kier alpha value is -1.49. The molecule has 0 aromatic heterocycles. The van der Waals surface area contributed by atoms with Gasteiger partial charge in [0.1, 0.15) is 6.54 Å². The predicted octanol–water partition coefficient (Wildman–Crippen LogP) is 2.45. The van der Waals surface area contributed by atoms with Crippen LogP contribution in [0.2, 0.25) is 0 Å². The van der Waals surface area contributed by atoms with Crippen LogP contribution >= 0.6 is 11.8 Å². The third-order valence-corrected chi connectivity index (χ3v) is 4.40. The number of carbonyl (C=O) groups excluding carboxylic acids is 1. The molecule has 0 bridgehead atoms. The number of carboxylic acids is 1. The van der Waals surface area contributed by atoms with Crippen molar-refractivity contribution in [3.63, 3.8) is 0 Å². The van der Waals surface area contributed by atoms with Crippen LogP contribution in [0.25, 0.3) is 0 Å². The summed E-state index contributed by atoms with van der Waals surface area (Å²) < 4.78 is 0. The molecular weight excluding hydrogens is 274 g/mol. The third-order valence-electron chi connectivity index (χ3n) is 3.22. The van der Waals surface area contributed by atoms with Gasteiger partial charge in [0.2, 0.25) is 5.91 Å². The number of nitrogens with zero attached hydrogens (tertiary/aromatic N) is 1. The number of hydrogen-bond acceptors (Lipinski definition) is 3. The standard InChI is InChI=1S/C15H19NO3S/c1-10(2)7-16(8-14(17)18)15(19)12-9-20-13-6-4-3-5-11(12)13/h3-6,10,12H,7-9H2,1-2H3,(H,17,18). The zero-order valence-electron chi connectivity index (χ0n) is 11.7. The van der Waals surface area contributed by atoms with Gasteiger partial charge < -0.3 is 10.0 Å². The topological polar surface area (TPSA) is 57.6 Å². The number of carbonyl (C=O) groups is 2. The van der Waals surface area contributed by atoms with Gasteiger partial charge in [-0.1, -0.05) is 32.0 Å². The number of fused-ring (bicyclic) bond motifs is 1. The molecule has 108 valence electrons. The molecule has 2 rings (SSSR count). The maximum atomic E-state index is 12.6. The van der Waals surface area contributed by atoms with E-state index in [2.05, 4.69) is 0 Å². The SMILES string of the molecule is CC(C)CN(CC(=O)O)C(=O)C1CSc2ccccc21. The van der Waals surface area contributed by atoms with E-state index < -0.39 is 5.97 Å². The molecule has 1 aromatic rings. The van der Waals surface area contributed by atoms with Crippen LogP contribution < -0.4 is 0 Å². The molecule has 0 fully saturated rings. The molecule has 20 heavy (non-hydrogen) atoms. The van der Waals surface area contributed by atoms with E-state index in [0.29, 0.717) is 12.3 Å². The van der Waals surface area contributed by atoms with Crippen molar-refractivity contribution < 1.29 is 14.7 Å². The van der Waals surface area contributed by atoms with Gasteiger partial charge in [0.15, 0.2) is 0 Å². The number of carboxylic acid groups (broad SMARTS) is 1. The fourth-order valence-electron chi connectivity index (χ4n) is 2.42. The maximum Gasteiger partial charge on any atom is 0.323 e. The predicted molar refractivity (Wildman–Crippen MR) is 79.0 cm³/mol. The van der Waals surface area contributed by atoms with Gasteiger partial charge in [-0.15, -0.1) is 11.8 Å². The van der Waals surface area contributed by atoms with Crippen LogP contribution in [0.15, 0.2) is 29.2 Å². The summed E-state index contributed by atoms with van der Waals surface area (Å²) in [5, 5.41) is 8.98. The number of hydrogen-bond donors (Lipinski definition) is 1. The lowest BCUT2D eigenvalue weighted by Crippen LogP contribution is -2.41. The van der Waals surface area contributed by atoms with Gasteiger partial charge in [0.05, 0.1) is 5.92 Å². The smallest absolute Gasteiger partial charge is 0.323 e. The van der Waals surface area contributed by atoms with Gasteiger partial charge in [0, 0.05) is 17.2 Å². The van der Waals surface area contributed by atoms with Crippen LogP contribution in [0.1, 0.15) is 25.3 Å². The molecule has 1 amide bonds. The molecule has 1 aliphatic heterocycles. The highest BCUT2D eigenvalue weighted by Gasteiger charge is 2.33. The second-order valence-corrected chi connectivity index (χ2v) is 6.47. The lowest BCUT2D eigenvalue weighted by Gasteiger charge is -2.25. The lowest BCUT2D eigenvalue weighted by atomic mass is 9.99. The zero-order chi connectivity index (χ0) is 14.7. The summed E-state index contributed by atoms with van der Waals surface area (Å²) in [4.78, 5) is 26.2. The Kier molecular flexibility index (Phi) is 4.70. The number of amides is 1. The first-order chi connectivity index (χ1) is 9.49. The Balaban J connectivity index is 2.18. The van der Waals surface area contributed by atoms with Crippen LogP contribution in [-0.2, 0) is 9.59 Å². The van der Waals surface area contributed by atoms with Crippen LogP contribution in [0.3, 0.4) is 0 Å². The van der Waals surface area contributed by atoms with Crippen LogP contribution in [0.4, 0.5) is 0 Å². The lowest BCUT2D eigenvalue weighted by molar-refractivity contribution is -0.145. The van der Waals surface area contributed by atoms with Gasteiger partial charge in [-0.05, 0) is 17.5 Å². The van der Waals surface area contributed by atoms with Gasteiger partial charge in [0.25, 0.3) is 0 Å². The van der Waals surface area contributed by atoms with E-state index >= 15 is 0 Å². The fourth-order valence-corrected chi connectivity index (χ4v) is 3.64. The Morgan fingerprint density at radius 2 is 2.10 bits per heavy atom. The van der Waals surface area contributed by atoms with Crippen molar-refractivity contribution in [2.45, 2.75) is 24.7 Å². The number of thioether (sulfide) groups is 1. The van der Waals surface area contributed by atoms with Crippen molar-refractivity contribution in [2.75, 3.05) is 18.8 Å². The van der Waals surface area contributed by atoms with Crippen molar-refractivity contribution in [1.82, 2.24) is 4.90 Å². The Labute approximate surface area is 123 Å². The van der Waals surface area contributed by atoms with E-state index in [4.69, 9.17) is 5.11 Å².